The molecule has 0 aliphatic carbocycles. The number of hydrogen-bond acceptors (Lipinski definition) is 4. The summed E-state index contributed by atoms with van der Waals surface area (Å²) < 4.78 is 13.6. The zero-order valence-corrected chi connectivity index (χ0v) is 17.8. The van der Waals surface area contributed by atoms with E-state index in [2.05, 4.69) is 4.90 Å². The van der Waals surface area contributed by atoms with Crippen LogP contribution in [0.4, 0.5) is 15.8 Å². The Morgan fingerprint density at radius 2 is 1.61 bits per heavy atom. The molecule has 162 valence electrons. The highest BCUT2D eigenvalue weighted by Crippen LogP contribution is 2.42. The van der Waals surface area contributed by atoms with Crippen LogP contribution in [0.5, 0.6) is 0 Å². The largest absolute Gasteiger partial charge is 0.503 e. The number of ketones is 1. The number of hydrogen-bond donors (Lipinski definition) is 1. The van der Waals surface area contributed by atoms with Crippen LogP contribution in [0.15, 0.2) is 59.9 Å². The molecule has 31 heavy (non-hydrogen) atoms. The second-order valence-electron chi connectivity index (χ2n) is 8.62. The van der Waals surface area contributed by atoms with Crippen LogP contribution in [0.3, 0.4) is 0 Å². The van der Waals surface area contributed by atoms with E-state index in [1.54, 1.807) is 12.1 Å². The number of aliphatic hydroxyl groups excluding tert-OH is 1. The van der Waals surface area contributed by atoms with Gasteiger partial charge in [0.2, 0.25) is 0 Å². The van der Waals surface area contributed by atoms with Crippen LogP contribution in [-0.2, 0) is 9.59 Å². The van der Waals surface area contributed by atoms with Crippen molar-refractivity contribution < 1.29 is 19.1 Å². The zero-order valence-electron chi connectivity index (χ0n) is 17.8. The molecule has 1 unspecified atom stereocenters. The van der Waals surface area contributed by atoms with Crippen molar-refractivity contribution in [3.63, 3.8) is 0 Å². The summed E-state index contributed by atoms with van der Waals surface area (Å²) in [6, 6.07) is 12.5. The lowest BCUT2D eigenvalue weighted by molar-refractivity contribution is -0.118. The van der Waals surface area contributed by atoms with Crippen molar-refractivity contribution in [2.75, 3.05) is 22.9 Å². The quantitative estimate of drug-likeness (QED) is 0.716. The molecule has 0 aromatic heterocycles. The van der Waals surface area contributed by atoms with Gasteiger partial charge in [-0.25, -0.2) is 4.39 Å². The summed E-state index contributed by atoms with van der Waals surface area (Å²) in [5.41, 5.74) is 2.32. The van der Waals surface area contributed by atoms with Crippen LogP contribution in [-0.4, -0.2) is 29.9 Å². The van der Waals surface area contributed by atoms with Crippen molar-refractivity contribution >= 4 is 23.1 Å². The molecule has 1 amide bonds. The fraction of sp³-hybridized carbons (Fsp3) is 0.360. The first-order valence-corrected chi connectivity index (χ1v) is 10.8. The summed E-state index contributed by atoms with van der Waals surface area (Å²) >= 11 is 0. The standard InChI is InChI=1S/C25H27FN2O3/c1-16(2)15-21(29)22-23(17-5-7-18(26)8-6-17)28(25(31)24(22)30)20-11-9-19(10-12-20)27-13-3-4-14-27/h5-12,16,23,30H,3-4,13-15H2,1-2H3. The molecule has 2 aliphatic rings. The van der Waals surface area contributed by atoms with Gasteiger partial charge in [-0.1, -0.05) is 26.0 Å². The molecule has 4 rings (SSSR count). The Hall–Kier alpha value is -3.15. The Kier molecular flexibility index (Phi) is 5.81. The van der Waals surface area contributed by atoms with Gasteiger partial charge in [0.1, 0.15) is 5.82 Å². The van der Waals surface area contributed by atoms with Gasteiger partial charge >= 0.3 is 0 Å². The third kappa shape index (κ3) is 4.07. The van der Waals surface area contributed by atoms with Crippen molar-refractivity contribution in [3.05, 3.63) is 71.2 Å². The first-order valence-electron chi connectivity index (χ1n) is 10.8. The van der Waals surface area contributed by atoms with Crippen molar-refractivity contribution in [2.45, 2.75) is 39.2 Å². The average molecular weight is 423 g/mol. The molecule has 2 aromatic rings. The summed E-state index contributed by atoms with van der Waals surface area (Å²) in [7, 11) is 0. The van der Waals surface area contributed by atoms with E-state index in [1.807, 2.05) is 38.1 Å². The number of Topliss-reactive ketones (excluding diaryl/α,β-unsaturated/α-hetero) is 1. The number of benzene rings is 2. The molecule has 1 N–H and O–H groups in total. The van der Waals surface area contributed by atoms with E-state index in [1.165, 1.54) is 17.0 Å². The fourth-order valence-corrected chi connectivity index (χ4v) is 4.40. The predicted molar refractivity (Wildman–Crippen MR) is 119 cm³/mol. The third-order valence-corrected chi connectivity index (χ3v) is 5.89. The van der Waals surface area contributed by atoms with Crippen LogP contribution >= 0.6 is 0 Å². The number of halogens is 1. The van der Waals surface area contributed by atoms with Crippen molar-refractivity contribution in [1.82, 2.24) is 0 Å². The molecule has 2 aliphatic heterocycles. The number of aliphatic hydroxyl groups is 1. The van der Waals surface area contributed by atoms with Gasteiger partial charge in [0.05, 0.1) is 11.6 Å². The maximum absolute atomic E-state index is 13.6. The minimum Gasteiger partial charge on any atom is -0.503 e. The monoisotopic (exact) mass is 422 g/mol. The lowest BCUT2D eigenvalue weighted by Crippen LogP contribution is -2.31. The van der Waals surface area contributed by atoms with Gasteiger partial charge in [-0.15, -0.1) is 0 Å². The predicted octanol–water partition coefficient (Wildman–Crippen LogP) is 4.94. The van der Waals surface area contributed by atoms with Crippen molar-refractivity contribution in [3.8, 4) is 0 Å². The van der Waals surface area contributed by atoms with Gasteiger partial charge < -0.3 is 10.0 Å². The zero-order chi connectivity index (χ0) is 22.1. The van der Waals surface area contributed by atoms with E-state index < -0.39 is 23.5 Å². The SMILES string of the molecule is CC(C)CC(=O)C1=C(O)C(=O)N(c2ccc(N3CCCC3)cc2)C1c1ccc(F)cc1. The van der Waals surface area contributed by atoms with Crippen LogP contribution in [0.1, 0.15) is 44.7 Å². The topological polar surface area (TPSA) is 60.9 Å². The minimum absolute atomic E-state index is 0.0746. The number of carbonyl (C=O) groups is 2. The van der Waals surface area contributed by atoms with Gasteiger partial charge in [-0.3, -0.25) is 14.5 Å². The van der Waals surface area contributed by atoms with Crippen LogP contribution in [0, 0.1) is 11.7 Å². The van der Waals surface area contributed by atoms with Crippen molar-refractivity contribution in [1.29, 1.82) is 0 Å². The molecule has 0 radical (unpaired) electrons. The maximum atomic E-state index is 13.6. The molecule has 5 nitrogen and oxygen atoms in total. The molecule has 0 spiro atoms. The van der Waals surface area contributed by atoms with E-state index in [4.69, 9.17) is 0 Å². The molecule has 2 aromatic carbocycles. The number of rotatable bonds is 6. The summed E-state index contributed by atoms with van der Waals surface area (Å²) in [4.78, 5) is 29.8. The fourth-order valence-electron chi connectivity index (χ4n) is 4.40. The summed E-state index contributed by atoms with van der Waals surface area (Å²) in [6.45, 7) is 5.84. The third-order valence-electron chi connectivity index (χ3n) is 5.89. The Labute approximate surface area is 181 Å². The van der Waals surface area contributed by atoms with Crippen LogP contribution < -0.4 is 9.80 Å². The number of anilines is 2. The van der Waals surface area contributed by atoms with Crippen LogP contribution in [0.2, 0.25) is 0 Å². The lowest BCUT2D eigenvalue weighted by atomic mass is 9.92. The lowest BCUT2D eigenvalue weighted by Gasteiger charge is -2.28. The maximum Gasteiger partial charge on any atom is 0.294 e. The van der Waals surface area contributed by atoms with E-state index >= 15 is 0 Å². The number of carbonyl (C=O) groups excluding carboxylic acids is 2. The van der Waals surface area contributed by atoms with Gasteiger partial charge in [-0.2, -0.15) is 0 Å². The Morgan fingerprint density at radius 3 is 2.19 bits per heavy atom. The summed E-state index contributed by atoms with van der Waals surface area (Å²) in [5, 5.41) is 10.7. The first kappa shape index (κ1) is 21.1. The first-order chi connectivity index (χ1) is 14.9. The molecular formula is C25H27FN2O3. The van der Waals surface area contributed by atoms with E-state index in [0.29, 0.717) is 11.3 Å². The van der Waals surface area contributed by atoms with E-state index in [-0.39, 0.29) is 23.7 Å². The van der Waals surface area contributed by atoms with Gasteiger partial charge in [0, 0.05) is 30.9 Å². The minimum atomic E-state index is -0.794. The highest BCUT2D eigenvalue weighted by molar-refractivity contribution is 6.16. The van der Waals surface area contributed by atoms with E-state index in [9.17, 15) is 19.1 Å². The molecule has 1 fully saturated rings. The molecule has 0 bridgehead atoms. The summed E-state index contributed by atoms with van der Waals surface area (Å²) in [5.74, 6) is -1.74. The second-order valence-corrected chi connectivity index (χ2v) is 8.62. The van der Waals surface area contributed by atoms with Gasteiger partial charge in [-0.05, 0) is 60.7 Å². The molecular weight excluding hydrogens is 395 g/mol. The molecule has 6 heteroatoms. The highest BCUT2D eigenvalue weighted by atomic mass is 19.1. The number of amides is 1. The highest BCUT2D eigenvalue weighted by Gasteiger charge is 2.44. The Morgan fingerprint density at radius 1 is 1.03 bits per heavy atom. The van der Waals surface area contributed by atoms with Crippen LogP contribution in [0.25, 0.3) is 0 Å². The normalized spacial score (nSPS) is 19.1. The van der Waals surface area contributed by atoms with Gasteiger partial charge in [0.25, 0.3) is 5.91 Å². The molecule has 1 atom stereocenters. The van der Waals surface area contributed by atoms with E-state index in [0.717, 1.165) is 31.6 Å². The van der Waals surface area contributed by atoms with Crippen molar-refractivity contribution in [2.24, 2.45) is 5.92 Å². The molecule has 2 heterocycles. The van der Waals surface area contributed by atoms with Gasteiger partial charge in [0.15, 0.2) is 11.5 Å². The Bertz CT molecular complexity index is 1010. The summed E-state index contributed by atoms with van der Waals surface area (Å²) in [6.07, 6.45) is 2.54. The molecule has 0 saturated carbocycles. The smallest absolute Gasteiger partial charge is 0.294 e. The average Bonchev–Trinajstić information content (AvgIpc) is 3.36. The second kappa shape index (κ2) is 8.53. The molecule has 1 saturated heterocycles. The number of nitrogens with zero attached hydrogens (tertiary/aromatic N) is 2. The Balaban J connectivity index is 1.74.